The first-order chi connectivity index (χ1) is 9.42. The van der Waals surface area contributed by atoms with Gasteiger partial charge >= 0.3 is 6.36 Å². The van der Waals surface area contributed by atoms with Gasteiger partial charge in [0, 0.05) is 12.2 Å². The first kappa shape index (κ1) is 15.0. The third-order valence-corrected chi connectivity index (χ3v) is 3.52. The van der Waals surface area contributed by atoms with E-state index < -0.39 is 6.36 Å². The third-order valence-electron chi connectivity index (χ3n) is 3.52. The van der Waals surface area contributed by atoms with Crippen molar-refractivity contribution in [3.05, 3.63) is 24.3 Å². The number of benzene rings is 1. The SMILES string of the molecule is CN1CCC(CNc2ccc(OC(F)(F)F)cc2)CC1. The molecule has 0 radical (unpaired) electrons. The molecule has 0 aromatic heterocycles. The highest BCUT2D eigenvalue weighted by Gasteiger charge is 2.30. The second-order valence-corrected chi connectivity index (χ2v) is 5.20. The van der Waals surface area contributed by atoms with Crippen molar-refractivity contribution in [2.45, 2.75) is 19.2 Å². The van der Waals surface area contributed by atoms with E-state index in [9.17, 15) is 13.2 Å². The molecule has 0 saturated carbocycles. The molecular weight excluding hydrogens is 269 g/mol. The molecule has 1 aromatic rings. The number of halogens is 3. The van der Waals surface area contributed by atoms with Gasteiger partial charge in [0.2, 0.25) is 0 Å². The Bertz CT molecular complexity index is 411. The lowest BCUT2D eigenvalue weighted by molar-refractivity contribution is -0.274. The summed E-state index contributed by atoms with van der Waals surface area (Å²) in [4.78, 5) is 2.31. The topological polar surface area (TPSA) is 24.5 Å². The standard InChI is InChI=1S/C14H19F3N2O/c1-19-8-6-11(7-9-19)10-18-12-2-4-13(5-3-12)20-14(15,16)17/h2-5,11,18H,6-10H2,1H3. The molecule has 0 spiro atoms. The largest absolute Gasteiger partial charge is 0.573 e. The molecule has 1 saturated heterocycles. The van der Waals surface area contributed by atoms with Gasteiger partial charge in [-0.05, 0) is 63.2 Å². The Labute approximate surface area is 116 Å². The molecule has 1 aliphatic rings. The van der Waals surface area contributed by atoms with Gasteiger partial charge in [-0.2, -0.15) is 0 Å². The third kappa shape index (κ3) is 4.92. The smallest absolute Gasteiger partial charge is 0.406 e. The average molecular weight is 288 g/mol. The van der Waals surface area contributed by atoms with Crippen LogP contribution in [0.4, 0.5) is 18.9 Å². The van der Waals surface area contributed by atoms with Gasteiger partial charge in [-0.3, -0.25) is 0 Å². The molecule has 0 bridgehead atoms. The number of nitrogens with one attached hydrogen (secondary N) is 1. The van der Waals surface area contributed by atoms with Crippen LogP contribution >= 0.6 is 0 Å². The summed E-state index contributed by atoms with van der Waals surface area (Å²) in [6.45, 7) is 3.06. The van der Waals surface area contributed by atoms with E-state index in [4.69, 9.17) is 0 Å². The van der Waals surface area contributed by atoms with Crippen molar-refractivity contribution in [3.63, 3.8) is 0 Å². The summed E-state index contributed by atoms with van der Waals surface area (Å²) in [5, 5.41) is 3.26. The Balaban J connectivity index is 1.79. The zero-order valence-corrected chi connectivity index (χ0v) is 11.4. The first-order valence-electron chi connectivity index (χ1n) is 6.70. The van der Waals surface area contributed by atoms with E-state index in [-0.39, 0.29) is 5.75 Å². The van der Waals surface area contributed by atoms with Crippen molar-refractivity contribution in [3.8, 4) is 5.75 Å². The minimum Gasteiger partial charge on any atom is -0.406 e. The second-order valence-electron chi connectivity index (χ2n) is 5.20. The average Bonchev–Trinajstić information content (AvgIpc) is 2.38. The lowest BCUT2D eigenvalue weighted by Crippen LogP contribution is -2.32. The molecule has 3 nitrogen and oxygen atoms in total. The molecule has 1 aliphatic heterocycles. The lowest BCUT2D eigenvalue weighted by atomic mass is 9.97. The summed E-state index contributed by atoms with van der Waals surface area (Å²) in [5.74, 6) is 0.430. The molecule has 0 atom stereocenters. The fourth-order valence-corrected chi connectivity index (χ4v) is 2.30. The molecule has 1 fully saturated rings. The van der Waals surface area contributed by atoms with Crippen LogP contribution in [0.1, 0.15) is 12.8 Å². The minimum absolute atomic E-state index is 0.192. The zero-order valence-electron chi connectivity index (χ0n) is 11.4. The summed E-state index contributed by atoms with van der Waals surface area (Å²) in [6, 6.07) is 5.86. The van der Waals surface area contributed by atoms with Crippen LogP contribution in [-0.2, 0) is 0 Å². The van der Waals surface area contributed by atoms with Crippen LogP contribution in [0.5, 0.6) is 5.75 Å². The number of anilines is 1. The van der Waals surface area contributed by atoms with Gasteiger partial charge in [-0.25, -0.2) is 0 Å². The van der Waals surface area contributed by atoms with Crippen LogP contribution in [-0.4, -0.2) is 37.9 Å². The number of rotatable bonds is 4. The monoisotopic (exact) mass is 288 g/mol. The summed E-state index contributed by atoms with van der Waals surface area (Å²) < 4.78 is 39.9. The Morgan fingerprint density at radius 2 is 1.80 bits per heavy atom. The van der Waals surface area contributed by atoms with Crippen LogP contribution in [0, 0.1) is 5.92 Å². The fourth-order valence-electron chi connectivity index (χ4n) is 2.30. The molecule has 20 heavy (non-hydrogen) atoms. The van der Waals surface area contributed by atoms with E-state index in [0.717, 1.165) is 38.2 Å². The van der Waals surface area contributed by atoms with E-state index in [2.05, 4.69) is 22.0 Å². The quantitative estimate of drug-likeness (QED) is 0.919. The molecule has 112 valence electrons. The Morgan fingerprint density at radius 3 is 2.35 bits per heavy atom. The Kier molecular flexibility index (Phi) is 4.75. The molecule has 1 heterocycles. The summed E-state index contributed by atoms with van der Waals surface area (Å²) in [6.07, 6.45) is -2.33. The van der Waals surface area contributed by atoms with Crippen molar-refractivity contribution in [1.29, 1.82) is 0 Å². The lowest BCUT2D eigenvalue weighted by Gasteiger charge is -2.29. The summed E-state index contributed by atoms with van der Waals surface area (Å²) in [5.41, 5.74) is 0.818. The van der Waals surface area contributed by atoms with E-state index >= 15 is 0 Å². The van der Waals surface area contributed by atoms with Crippen molar-refractivity contribution in [2.24, 2.45) is 5.92 Å². The molecule has 2 rings (SSSR count). The highest BCUT2D eigenvalue weighted by Crippen LogP contribution is 2.24. The molecule has 1 aromatic carbocycles. The van der Waals surface area contributed by atoms with Gasteiger partial charge in [0.1, 0.15) is 5.75 Å². The Hall–Kier alpha value is -1.43. The predicted octanol–water partition coefficient (Wildman–Crippen LogP) is 3.34. The van der Waals surface area contributed by atoms with Gasteiger partial charge in [0.15, 0.2) is 0 Å². The Morgan fingerprint density at radius 1 is 1.20 bits per heavy atom. The van der Waals surface area contributed by atoms with Gasteiger partial charge in [-0.15, -0.1) is 13.2 Å². The van der Waals surface area contributed by atoms with E-state index in [0.29, 0.717) is 5.92 Å². The van der Waals surface area contributed by atoms with Crippen molar-refractivity contribution >= 4 is 5.69 Å². The molecule has 0 aliphatic carbocycles. The van der Waals surface area contributed by atoms with Gasteiger partial charge in [0.05, 0.1) is 0 Å². The van der Waals surface area contributed by atoms with Crippen LogP contribution in [0.25, 0.3) is 0 Å². The van der Waals surface area contributed by atoms with Crippen molar-refractivity contribution < 1.29 is 17.9 Å². The molecular formula is C14H19F3N2O. The number of piperidine rings is 1. The maximum atomic E-state index is 12.0. The number of hydrogen-bond acceptors (Lipinski definition) is 3. The molecule has 6 heteroatoms. The van der Waals surface area contributed by atoms with Crippen molar-refractivity contribution in [2.75, 3.05) is 32.0 Å². The summed E-state index contributed by atoms with van der Waals surface area (Å²) in [7, 11) is 2.11. The predicted molar refractivity (Wildman–Crippen MR) is 71.8 cm³/mol. The van der Waals surface area contributed by atoms with Crippen LogP contribution in [0.15, 0.2) is 24.3 Å². The van der Waals surface area contributed by atoms with Gasteiger partial charge in [-0.1, -0.05) is 0 Å². The highest BCUT2D eigenvalue weighted by molar-refractivity contribution is 5.46. The number of ether oxygens (including phenoxy) is 1. The van der Waals surface area contributed by atoms with E-state index in [1.807, 2.05) is 0 Å². The number of nitrogens with zero attached hydrogens (tertiary/aromatic N) is 1. The molecule has 0 unspecified atom stereocenters. The number of hydrogen-bond donors (Lipinski definition) is 1. The van der Waals surface area contributed by atoms with Crippen LogP contribution in [0.3, 0.4) is 0 Å². The highest BCUT2D eigenvalue weighted by atomic mass is 19.4. The van der Waals surface area contributed by atoms with E-state index in [1.54, 1.807) is 12.1 Å². The maximum absolute atomic E-state index is 12.0. The van der Waals surface area contributed by atoms with Crippen LogP contribution in [0.2, 0.25) is 0 Å². The second kappa shape index (κ2) is 6.35. The van der Waals surface area contributed by atoms with Gasteiger partial charge < -0.3 is 15.0 Å². The number of likely N-dealkylation sites (tertiary alicyclic amines) is 1. The first-order valence-corrected chi connectivity index (χ1v) is 6.70. The zero-order chi connectivity index (χ0) is 14.6. The normalized spacial score (nSPS) is 18.0. The van der Waals surface area contributed by atoms with Crippen LogP contribution < -0.4 is 10.1 Å². The van der Waals surface area contributed by atoms with Gasteiger partial charge in [0.25, 0.3) is 0 Å². The molecule has 1 N–H and O–H groups in total. The molecule has 0 amide bonds. The van der Waals surface area contributed by atoms with Crippen molar-refractivity contribution in [1.82, 2.24) is 4.90 Å². The fraction of sp³-hybridized carbons (Fsp3) is 0.571. The maximum Gasteiger partial charge on any atom is 0.573 e. The number of alkyl halides is 3. The minimum atomic E-state index is -4.64. The van der Waals surface area contributed by atoms with E-state index in [1.165, 1.54) is 12.1 Å². The summed E-state index contributed by atoms with van der Waals surface area (Å²) >= 11 is 0.